The van der Waals surface area contributed by atoms with Gasteiger partial charge in [-0.15, -0.1) is 0 Å². The van der Waals surface area contributed by atoms with Crippen LogP contribution in [0.1, 0.15) is 27.0 Å². The zero-order valence-electron chi connectivity index (χ0n) is 15.0. The molecule has 3 aromatic rings. The smallest absolute Gasteiger partial charge is 0.249 e. The normalized spacial score (nSPS) is 10.1. The summed E-state index contributed by atoms with van der Waals surface area (Å²) in [5, 5.41) is 11.6. The number of amides is 1. The van der Waals surface area contributed by atoms with Crippen molar-refractivity contribution in [3.63, 3.8) is 0 Å². The van der Waals surface area contributed by atoms with Crippen LogP contribution in [0.5, 0.6) is 0 Å². The number of nitrogens with zero attached hydrogens (tertiary/aromatic N) is 3. The van der Waals surface area contributed by atoms with E-state index in [1.807, 2.05) is 53.6 Å². The number of carbonyl (C=O) groups is 1. The van der Waals surface area contributed by atoms with Crippen molar-refractivity contribution in [3.05, 3.63) is 95.6 Å². The van der Waals surface area contributed by atoms with Crippen LogP contribution in [0.3, 0.4) is 0 Å². The fourth-order valence-electron chi connectivity index (χ4n) is 2.71. The predicted octanol–water partition coefficient (Wildman–Crippen LogP) is -4.73. The van der Waals surface area contributed by atoms with Gasteiger partial charge in [0.2, 0.25) is 5.91 Å². The Morgan fingerprint density at radius 3 is 1.79 bits per heavy atom. The van der Waals surface area contributed by atoms with Crippen molar-refractivity contribution >= 4 is 12.1 Å². The van der Waals surface area contributed by atoms with E-state index >= 15 is 0 Å². The van der Waals surface area contributed by atoms with Crippen molar-refractivity contribution in [3.8, 4) is 0 Å². The van der Waals surface area contributed by atoms with Crippen molar-refractivity contribution < 1.29 is 53.1 Å². The van der Waals surface area contributed by atoms with Gasteiger partial charge in [0.05, 0.1) is 11.8 Å². The molecule has 6 nitrogen and oxygen atoms in total. The Morgan fingerprint density at radius 2 is 1.36 bits per heavy atom. The molecule has 0 bridgehead atoms. The Hall–Kier alpha value is -2.58. The maximum atomic E-state index is 11.2. The molecule has 28 heavy (non-hydrogen) atoms. The summed E-state index contributed by atoms with van der Waals surface area (Å²) >= 11 is 0. The van der Waals surface area contributed by atoms with Gasteiger partial charge in [-0.3, -0.25) is 4.79 Å². The molecule has 0 aliphatic rings. The monoisotopic (exact) mass is 506 g/mol. The lowest BCUT2D eigenvalue weighted by Gasteiger charge is -2.05. The lowest BCUT2D eigenvalue weighted by atomic mass is 10.1. The van der Waals surface area contributed by atoms with Crippen LogP contribution in [-0.4, -0.2) is 17.3 Å². The molecule has 1 aromatic carbocycles. The van der Waals surface area contributed by atoms with E-state index in [4.69, 9.17) is 10.9 Å². The van der Waals surface area contributed by atoms with Crippen LogP contribution < -0.4 is 48.8 Å². The molecule has 1 amide bonds. The van der Waals surface area contributed by atoms with Gasteiger partial charge in [0.15, 0.2) is 37.9 Å². The zero-order chi connectivity index (χ0) is 18.4. The van der Waals surface area contributed by atoms with Crippen LogP contribution in [0.15, 0.2) is 78.5 Å². The summed E-state index contributed by atoms with van der Waals surface area (Å²) < 4.78 is 4.07. The van der Waals surface area contributed by atoms with Crippen LogP contribution in [0.25, 0.3) is 0 Å². The number of rotatable bonds is 6. The van der Waals surface area contributed by atoms with Gasteiger partial charge in [0.1, 0.15) is 0 Å². The first-order valence-electron chi connectivity index (χ1n) is 8.18. The van der Waals surface area contributed by atoms with Crippen molar-refractivity contribution in [2.24, 2.45) is 10.9 Å². The first-order chi connectivity index (χ1) is 12.7. The third-order valence-corrected chi connectivity index (χ3v) is 4.12. The van der Waals surface area contributed by atoms with Crippen molar-refractivity contribution in [1.82, 2.24) is 0 Å². The van der Waals surface area contributed by atoms with E-state index in [1.165, 1.54) is 17.3 Å². The van der Waals surface area contributed by atoms with E-state index < -0.39 is 5.91 Å². The summed E-state index contributed by atoms with van der Waals surface area (Å²) in [6, 6.07) is 15.5. The second-order valence-electron chi connectivity index (χ2n) is 5.94. The lowest BCUT2D eigenvalue weighted by Crippen LogP contribution is -3.00. The number of nitrogens with two attached hydrogens (primary N) is 1. The van der Waals surface area contributed by atoms with Gasteiger partial charge >= 0.3 is 0 Å². The van der Waals surface area contributed by atoms with Crippen LogP contribution in [0.4, 0.5) is 0 Å². The van der Waals surface area contributed by atoms with Crippen molar-refractivity contribution in [2.75, 3.05) is 0 Å². The zero-order valence-corrected chi connectivity index (χ0v) is 18.1. The van der Waals surface area contributed by atoms with Gasteiger partial charge < -0.3 is 44.9 Å². The van der Waals surface area contributed by atoms with Gasteiger partial charge in [-0.2, -0.15) is 0 Å². The minimum absolute atomic E-state index is 0. The molecule has 0 aliphatic heterocycles. The molecule has 0 spiro atoms. The third-order valence-electron chi connectivity index (χ3n) is 4.12. The largest absolute Gasteiger partial charge is 1.00 e. The first-order valence-corrected chi connectivity index (χ1v) is 8.18. The molecule has 0 saturated heterocycles. The highest BCUT2D eigenvalue weighted by Crippen LogP contribution is 2.08. The van der Waals surface area contributed by atoms with E-state index in [1.54, 1.807) is 12.1 Å². The Bertz CT molecular complexity index is 930. The molecule has 3 rings (SSSR count). The van der Waals surface area contributed by atoms with E-state index in [-0.39, 0.29) is 34.0 Å². The van der Waals surface area contributed by atoms with E-state index in [2.05, 4.69) is 21.9 Å². The standard InChI is InChI=1S/C20H18N4O2.2BrH/c21-20(25)17-7-11-24(12-8-17)15-19-4-2-1-3-18(19)14-23-9-5-16(6-10-23)13-22-26;;/h1-13H,14-15H2,(H-,21,25);2*1H. The molecule has 2 aromatic heterocycles. The minimum atomic E-state index is -0.427. The number of halogens is 2. The summed E-state index contributed by atoms with van der Waals surface area (Å²) in [5.41, 5.74) is 9.01. The summed E-state index contributed by atoms with van der Waals surface area (Å²) in [6.07, 6.45) is 9.00. The quantitative estimate of drug-likeness (QED) is 0.152. The molecule has 0 aliphatic carbocycles. The number of benzene rings is 1. The van der Waals surface area contributed by atoms with Crippen LogP contribution in [0, 0.1) is 0 Å². The van der Waals surface area contributed by atoms with Gasteiger partial charge in [-0.05, 0) is 0 Å². The van der Waals surface area contributed by atoms with E-state index in [0.717, 1.165) is 12.1 Å². The van der Waals surface area contributed by atoms with Crippen LogP contribution >= 0.6 is 0 Å². The molecule has 0 atom stereocenters. The third kappa shape index (κ3) is 6.24. The average Bonchev–Trinajstić information content (AvgIpc) is 2.65. The number of oxime groups is 1. The highest BCUT2D eigenvalue weighted by molar-refractivity contribution is 5.92. The fraction of sp³-hybridized carbons (Fsp3) is 0.100. The average molecular weight is 508 g/mol. The Kier molecular flexibility index (Phi) is 9.47. The van der Waals surface area contributed by atoms with E-state index in [0.29, 0.717) is 12.1 Å². The predicted molar refractivity (Wildman–Crippen MR) is 95.8 cm³/mol. The highest BCUT2D eigenvalue weighted by atomic mass is 79.9. The topological polar surface area (TPSA) is 83.4 Å². The first kappa shape index (κ1) is 23.5. The Balaban J connectivity index is 0.00000196. The van der Waals surface area contributed by atoms with Crippen molar-refractivity contribution in [2.45, 2.75) is 13.1 Å². The molecule has 8 heteroatoms. The van der Waals surface area contributed by atoms with Gasteiger partial charge in [0.25, 0.3) is 0 Å². The summed E-state index contributed by atoms with van der Waals surface area (Å²) in [5.74, 6) is -0.427. The molecule has 3 N–H and O–H groups in total. The van der Waals surface area contributed by atoms with E-state index in [9.17, 15) is 4.79 Å². The second kappa shape index (κ2) is 11.3. The maximum absolute atomic E-state index is 11.2. The van der Waals surface area contributed by atoms with Gasteiger partial charge in [0, 0.05) is 41.0 Å². The fourth-order valence-corrected chi connectivity index (χ4v) is 2.71. The van der Waals surface area contributed by atoms with Gasteiger partial charge in [-0.1, -0.05) is 29.4 Å². The Labute approximate surface area is 184 Å². The SMILES string of the molecule is NC(=O)c1cc[n+](Cc2ccccc2C[n+]2ccc(/C=N/O)cc2)cc1.[Br-].[Br-]. The molecular formula is C20H20Br2N4O2. The summed E-state index contributed by atoms with van der Waals surface area (Å²) in [7, 11) is 0. The lowest BCUT2D eigenvalue weighted by molar-refractivity contribution is -0.693. The Morgan fingerprint density at radius 1 is 0.893 bits per heavy atom. The highest BCUT2D eigenvalue weighted by Gasteiger charge is 2.12. The number of hydrogen-bond acceptors (Lipinski definition) is 3. The molecule has 0 saturated carbocycles. The van der Waals surface area contributed by atoms with Gasteiger partial charge in [-0.25, -0.2) is 9.13 Å². The summed E-state index contributed by atoms with van der Waals surface area (Å²) in [4.78, 5) is 11.2. The second-order valence-corrected chi connectivity index (χ2v) is 5.94. The number of hydrogen-bond donors (Lipinski definition) is 2. The number of aromatic nitrogens is 2. The molecule has 2 heterocycles. The molecular weight excluding hydrogens is 488 g/mol. The molecule has 0 unspecified atom stereocenters. The number of carbonyl (C=O) groups excluding carboxylic acids is 1. The minimum Gasteiger partial charge on any atom is -1.00 e. The molecule has 146 valence electrons. The van der Waals surface area contributed by atoms with Crippen LogP contribution in [-0.2, 0) is 13.1 Å². The molecule has 0 fully saturated rings. The number of pyridine rings is 2. The van der Waals surface area contributed by atoms with Crippen LogP contribution in [0.2, 0.25) is 0 Å². The summed E-state index contributed by atoms with van der Waals surface area (Å²) in [6.45, 7) is 1.43. The maximum Gasteiger partial charge on any atom is 0.249 e. The number of primary amides is 1. The molecule has 0 radical (unpaired) electrons. The van der Waals surface area contributed by atoms with Crippen molar-refractivity contribution in [1.29, 1.82) is 0 Å².